The monoisotopic (exact) mass is 328 g/mol. The van der Waals surface area contributed by atoms with E-state index >= 15 is 0 Å². The van der Waals surface area contributed by atoms with Crippen molar-refractivity contribution < 1.29 is 17.7 Å². The molecule has 0 saturated carbocycles. The van der Waals surface area contributed by atoms with Gasteiger partial charge in [-0.25, -0.2) is 13.1 Å². The summed E-state index contributed by atoms with van der Waals surface area (Å²) in [5.41, 5.74) is 5.52. The Morgan fingerprint density at radius 1 is 1.18 bits per heavy atom. The van der Waals surface area contributed by atoms with Gasteiger partial charge in [-0.2, -0.15) is 0 Å². The number of nitrogens with two attached hydrogens (primary N) is 1. The number of hydrogen-bond donors (Lipinski definition) is 2. The molecule has 0 aromatic heterocycles. The summed E-state index contributed by atoms with van der Waals surface area (Å²) < 4.78 is 38.6. The maximum absolute atomic E-state index is 12.1. The molecule has 2 aliphatic rings. The third-order valence-electron chi connectivity index (χ3n) is 4.48. The summed E-state index contributed by atoms with van der Waals surface area (Å²) >= 11 is 0. The summed E-state index contributed by atoms with van der Waals surface area (Å²) in [5.74, 6) is 0. The molecule has 1 aliphatic carbocycles. The van der Waals surface area contributed by atoms with Crippen LogP contribution in [0.25, 0.3) is 0 Å². The van der Waals surface area contributed by atoms with Gasteiger partial charge in [0, 0.05) is 13.1 Å². The van der Waals surface area contributed by atoms with Gasteiger partial charge in [0.2, 0.25) is 10.0 Å². The predicted molar refractivity (Wildman–Crippen MR) is 87.5 cm³/mol. The molecule has 2 rings (SSSR count). The van der Waals surface area contributed by atoms with Crippen molar-refractivity contribution in [1.29, 1.82) is 0 Å². The maximum atomic E-state index is 12.1. The van der Waals surface area contributed by atoms with Crippen LogP contribution in [0.3, 0.4) is 0 Å². The summed E-state index contributed by atoms with van der Waals surface area (Å²) in [7, 11) is -3.85. The Bertz CT molecular complexity index is 580. The molecule has 0 spiro atoms. The van der Waals surface area contributed by atoms with Crippen LogP contribution in [-0.2, 0) is 19.3 Å². The second-order valence-corrected chi connectivity index (χ2v) is 8.47. The van der Waals surface area contributed by atoms with Crippen LogP contribution in [0.4, 0.5) is 0 Å². The Hall–Kier alpha value is -0.665. The quantitative estimate of drug-likeness (QED) is 0.738. The molecule has 0 atom stereocenters. The second kappa shape index (κ2) is 6.09. The Morgan fingerprint density at radius 2 is 1.77 bits per heavy atom. The average molecular weight is 328 g/mol. The van der Waals surface area contributed by atoms with Gasteiger partial charge in [-0.15, -0.1) is 0 Å². The summed E-state index contributed by atoms with van der Waals surface area (Å²) in [6, 6.07) is 0. The molecule has 1 aliphatic heterocycles. The molecule has 124 valence electrons. The molecule has 3 N–H and O–H groups in total. The zero-order valence-electron chi connectivity index (χ0n) is 13.7. The fourth-order valence-corrected chi connectivity index (χ4v) is 3.52. The second-order valence-electron chi connectivity index (χ2n) is 6.65. The van der Waals surface area contributed by atoms with Crippen LogP contribution >= 0.6 is 0 Å². The van der Waals surface area contributed by atoms with Gasteiger partial charge in [-0.05, 0) is 52.1 Å². The highest BCUT2D eigenvalue weighted by molar-refractivity contribution is 7.93. The van der Waals surface area contributed by atoms with Crippen molar-refractivity contribution in [3.63, 3.8) is 0 Å². The molecule has 8 heteroatoms. The van der Waals surface area contributed by atoms with Crippen molar-refractivity contribution >= 4 is 17.1 Å². The Morgan fingerprint density at radius 3 is 2.23 bits per heavy atom. The van der Waals surface area contributed by atoms with Crippen molar-refractivity contribution in [2.24, 2.45) is 5.73 Å². The average Bonchev–Trinajstić information content (AvgIpc) is 2.65. The first-order valence-electron chi connectivity index (χ1n) is 7.54. The van der Waals surface area contributed by atoms with Crippen LogP contribution < -0.4 is 10.5 Å². The number of hydrogen-bond acceptors (Lipinski definition) is 5. The number of allylic oxidation sites excluding steroid dienone is 4. The van der Waals surface area contributed by atoms with Crippen LogP contribution in [-0.4, -0.2) is 39.8 Å². The molecule has 0 unspecified atom stereocenters. The van der Waals surface area contributed by atoms with E-state index in [2.05, 4.69) is 4.72 Å². The van der Waals surface area contributed by atoms with Crippen molar-refractivity contribution in [3.05, 3.63) is 22.5 Å². The molecule has 0 aromatic rings. The zero-order valence-corrected chi connectivity index (χ0v) is 14.5. The van der Waals surface area contributed by atoms with Gasteiger partial charge in [0.25, 0.3) is 0 Å². The standard InChI is InChI=1S/C14H25BN2O4S/c1-13(2)14(3,4)21-15(20-13)11-5-7-12(8-6-11)22(18,19)17-10-9-16/h5,7,17H,6,8-10,16H2,1-4H3. The molecule has 1 saturated heterocycles. The van der Waals surface area contributed by atoms with Crippen LogP contribution in [0, 0.1) is 0 Å². The van der Waals surface area contributed by atoms with E-state index in [9.17, 15) is 8.42 Å². The molecule has 0 aromatic carbocycles. The highest BCUT2D eigenvalue weighted by Gasteiger charge is 2.52. The molecule has 0 radical (unpaired) electrons. The Kier molecular flexibility index (Phi) is 4.89. The predicted octanol–water partition coefficient (Wildman–Crippen LogP) is 1.10. The van der Waals surface area contributed by atoms with Crippen LogP contribution in [0.15, 0.2) is 22.5 Å². The minimum Gasteiger partial charge on any atom is -0.400 e. The van der Waals surface area contributed by atoms with E-state index in [-0.39, 0.29) is 13.1 Å². The third kappa shape index (κ3) is 3.46. The van der Waals surface area contributed by atoms with Gasteiger partial charge in [-0.1, -0.05) is 6.08 Å². The highest BCUT2D eigenvalue weighted by Crippen LogP contribution is 2.40. The highest BCUT2D eigenvalue weighted by atomic mass is 32.2. The van der Waals surface area contributed by atoms with E-state index in [1.807, 2.05) is 27.7 Å². The lowest BCUT2D eigenvalue weighted by atomic mass is 9.74. The molecule has 0 bridgehead atoms. The Labute approximate surface area is 133 Å². The molecule has 22 heavy (non-hydrogen) atoms. The minimum absolute atomic E-state index is 0.244. The summed E-state index contributed by atoms with van der Waals surface area (Å²) in [6.45, 7) is 8.52. The maximum Gasteiger partial charge on any atom is 0.490 e. The SMILES string of the molecule is CC1(C)OB(C2=CC=C(S(=O)(=O)NCCN)CC2)OC1(C)C. The first-order chi connectivity index (χ1) is 10.1. The lowest BCUT2D eigenvalue weighted by Crippen LogP contribution is -2.41. The first kappa shape index (κ1) is 17.7. The van der Waals surface area contributed by atoms with E-state index < -0.39 is 28.3 Å². The van der Waals surface area contributed by atoms with E-state index in [1.165, 1.54) is 0 Å². The van der Waals surface area contributed by atoms with Crippen molar-refractivity contribution in [2.75, 3.05) is 13.1 Å². The number of nitrogens with one attached hydrogen (secondary N) is 1. The van der Waals surface area contributed by atoms with Crippen LogP contribution in [0.2, 0.25) is 0 Å². The van der Waals surface area contributed by atoms with E-state index in [4.69, 9.17) is 15.0 Å². The number of sulfonamides is 1. The summed E-state index contributed by atoms with van der Waals surface area (Å²) in [4.78, 5) is 0.376. The largest absolute Gasteiger partial charge is 0.490 e. The first-order valence-corrected chi connectivity index (χ1v) is 9.02. The molecule has 0 amide bonds. The van der Waals surface area contributed by atoms with Crippen molar-refractivity contribution in [1.82, 2.24) is 4.72 Å². The fraction of sp³-hybridized carbons (Fsp3) is 0.714. The van der Waals surface area contributed by atoms with E-state index in [0.29, 0.717) is 17.7 Å². The topological polar surface area (TPSA) is 90.7 Å². The lowest BCUT2D eigenvalue weighted by molar-refractivity contribution is 0.00578. The Balaban J connectivity index is 2.12. The van der Waals surface area contributed by atoms with Crippen molar-refractivity contribution in [2.45, 2.75) is 51.7 Å². The zero-order chi connectivity index (χ0) is 16.6. The molecule has 6 nitrogen and oxygen atoms in total. The minimum atomic E-state index is -3.43. The van der Waals surface area contributed by atoms with Crippen LogP contribution in [0.5, 0.6) is 0 Å². The van der Waals surface area contributed by atoms with Gasteiger partial charge in [0.05, 0.1) is 16.1 Å². The molecule has 1 fully saturated rings. The summed E-state index contributed by atoms with van der Waals surface area (Å²) in [5, 5.41) is 0. The van der Waals surface area contributed by atoms with Gasteiger partial charge >= 0.3 is 7.12 Å². The van der Waals surface area contributed by atoms with Gasteiger partial charge in [-0.3, -0.25) is 0 Å². The third-order valence-corrected chi connectivity index (χ3v) is 6.10. The normalized spacial score (nSPS) is 24.1. The van der Waals surface area contributed by atoms with Gasteiger partial charge in [0.15, 0.2) is 0 Å². The summed E-state index contributed by atoms with van der Waals surface area (Å²) in [6.07, 6.45) is 4.47. The smallest absolute Gasteiger partial charge is 0.400 e. The van der Waals surface area contributed by atoms with Gasteiger partial charge in [0.1, 0.15) is 0 Å². The van der Waals surface area contributed by atoms with E-state index in [0.717, 1.165) is 5.47 Å². The number of rotatable bonds is 5. The van der Waals surface area contributed by atoms with E-state index in [1.54, 1.807) is 12.2 Å². The molecular weight excluding hydrogens is 303 g/mol. The molecular formula is C14H25BN2O4S. The van der Waals surface area contributed by atoms with Gasteiger partial charge < -0.3 is 15.0 Å². The fourth-order valence-electron chi connectivity index (χ4n) is 2.33. The van der Waals surface area contributed by atoms with Crippen LogP contribution in [0.1, 0.15) is 40.5 Å². The lowest BCUT2D eigenvalue weighted by Gasteiger charge is -2.32. The van der Waals surface area contributed by atoms with Crippen molar-refractivity contribution in [3.8, 4) is 0 Å². The molecule has 1 heterocycles.